The van der Waals surface area contributed by atoms with Gasteiger partial charge in [-0.05, 0) is 80.1 Å². The summed E-state index contributed by atoms with van der Waals surface area (Å²) in [6, 6.07) is 0. The highest BCUT2D eigenvalue weighted by molar-refractivity contribution is 5.98. The van der Waals surface area contributed by atoms with Gasteiger partial charge >= 0.3 is 5.97 Å². The molecule has 0 saturated heterocycles. The zero-order chi connectivity index (χ0) is 18.9. The summed E-state index contributed by atoms with van der Waals surface area (Å²) in [6.07, 6.45) is 8.40. The molecule has 4 aliphatic carbocycles. The van der Waals surface area contributed by atoms with Crippen LogP contribution in [0.3, 0.4) is 0 Å². The summed E-state index contributed by atoms with van der Waals surface area (Å²) >= 11 is 0. The highest BCUT2D eigenvalue weighted by Gasteiger charge is 2.61. The minimum Gasteiger partial charge on any atom is -0.481 e. The molecule has 2 N–H and O–H groups in total. The molecular weight excluding hydrogens is 328 g/mol. The number of hydrogen-bond acceptors (Lipinski definition) is 3. The fourth-order valence-electron chi connectivity index (χ4n) is 7.30. The molecule has 4 heteroatoms. The second-order valence-corrected chi connectivity index (χ2v) is 9.89. The Labute approximate surface area is 156 Å². The first kappa shape index (κ1) is 18.2. The molecule has 0 heterocycles. The first-order chi connectivity index (χ1) is 12.2. The molecule has 3 fully saturated rings. The van der Waals surface area contributed by atoms with E-state index in [1.165, 1.54) is 5.57 Å². The topological polar surface area (TPSA) is 74.6 Å². The first-order valence-electron chi connectivity index (χ1n) is 10.4. The molecule has 4 rings (SSSR count). The van der Waals surface area contributed by atoms with Crippen LogP contribution in [0.25, 0.3) is 0 Å². The van der Waals surface area contributed by atoms with Crippen LogP contribution >= 0.6 is 0 Å². The van der Waals surface area contributed by atoms with Gasteiger partial charge in [-0.1, -0.05) is 26.3 Å². The van der Waals surface area contributed by atoms with Crippen molar-refractivity contribution in [2.24, 2.45) is 40.4 Å². The van der Waals surface area contributed by atoms with E-state index in [1.54, 1.807) is 6.92 Å². The number of aliphatic hydroxyl groups is 1. The van der Waals surface area contributed by atoms with Gasteiger partial charge in [0.15, 0.2) is 5.78 Å². The van der Waals surface area contributed by atoms with E-state index in [9.17, 15) is 19.8 Å². The molecule has 0 aliphatic heterocycles. The SMILES string of the molecule is CC(C(=O)O)[C@H]1CCC2C3CC[C@@H]4C[C@H](O)CC[C@]4(C)C3=CC(=O)[C@@]21C. The number of carbonyl (C=O) groups is 2. The van der Waals surface area contributed by atoms with Crippen LogP contribution in [0.1, 0.15) is 65.7 Å². The molecular formula is C22H32O4. The Morgan fingerprint density at radius 2 is 1.92 bits per heavy atom. The van der Waals surface area contributed by atoms with Crippen molar-refractivity contribution in [2.45, 2.75) is 71.8 Å². The Kier molecular flexibility index (Phi) is 4.15. The molecule has 4 nitrogen and oxygen atoms in total. The van der Waals surface area contributed by atoms with Crippen molar-refractivity contribution in [3.8, 4) is 0 Å². The van der Waals surface area contributed by atoms with Gasteiger partial charge in [-0.25, -0.2) is 0 Å². The maximum absolute atomic E-state index is 13.4. The lowest BCUT2D eigenvalue weighted by molar-refractivity contribution is -0.147. The molecule has 26 heavy (non-hydrogen) atoms. The number of carboxylic acid groups (broad SMARTS) is 1. The predicted octanol–water partition coefficient (Wildman–Crippen LogP) is 3.83. The number of carbonyl (C=O) groups excluding carboxylic acids is 1. The van der Waals surface area contributed by atoms with E-state index >= 15 is 0 Å². The number of allylic oxidation sites excluding steroid dienone is 2. The average molecular weight is 360 g/mol. The van der Waals surface area contributed by atoms with Gasteiger partial charge in [0.1, 0.15) is 0 Å². The molecule has 0 aromatic heterocycles. The third kappa shape index (κ3) is 2.30. The summed E-state index contributed by atoms with van der Waals surface area (Å²) in [5, 5.41) is 19.6. The Balaban J connectivity index is 1.72. The van der Waals surface area contributed by atoms with Crippen molar-refractivity contribution >= 4 is 11.8 Å². The van der Waals surface area contributed by atoms with Crippen LogP contribution in [0.5, 0.6) is 0 Å². The molecule has 0 aromatic rings. The standard InChI is InChI=1S/C22H32O4/c1-12(20(25)26)16-6-7-17-15-5-4-13-10-14(23)8-9-21(13,2)18(15)11-19(24)22(16,17)3/h11-17,23H,4-10H2,1-3H3,(H,25,26)/t12?,13-,14-,15?,16-,17?,21+,22-/m1/s1. The number of carboxylic acids is 1. The third-order valence-corrected chi connectivity index (χ3v) is 8.97. The molecule has 0 bridgehead atoms. The van der Waals surface area contributed by atoms with E-state index in [4.69, 9.17) is 0 Å². The Hall–Kier alpha value is -1.16. The second kappa shape index (κ2) is 5.92. The van der Waals surface area contributed by atoms with Crippen LogP contribution in [-0.2, 0) is 9.59 Å². The number of fused-ring (bicyclic) bond motifs is 5. The number of rotatable bonds is 2. The van der Waals surface area contributed by atoms with Crippen molar-refractivity contribution in [3.05, 3.63) is 11.6 Å². The summed E-state index contributed by atoms with van der Waals surface area (Å²) in [6.45, 7) is 6.13. The third-order valence-electron chi connectivity index (χ3n) is 8.97. The summed E-state index contributed by atoms with van der Waals surface area (Å²) < 4.78 is 0. The molecule has 0 radical (unpaired) electrons. The fourth-order valence-corrected chi connectivity index (χ4v) is 7.30. The van der Waals surface area contributed by atoms with Crippen LogP contribution in [0.2, 0.25) is 0 Å². The Bertz CT molecular complexity index is 667. The lowest BCUT2D eigenvalue weighted by Gasteiger charge is -2.56. The predicted molar refractivity (Wildman–Crippen MR) is 98.4 cm³/mol. The molecule has 3 saturated carbocycles. The average Bonchev–Trinajstić information content (AvgIpc) is 2.94. The quantitative estimate of drug-likeness (QED) is 0.785. The van der Waals surface area contributed by atoms with E-state index in [1.807, 2.05) is 13.0 Å². The molecule has 0 aromatic carbocycles. The van der Waals surface area contributed by atoms with E-state index in [-0.39, 0.29) is 29.1 Å². The number of hydrogen-bond donors (Lipinski definition) is 2. The normalized spacial score (nSPS) is 48.8. The lowest BCUT2D eigenvalue weighted by Crippen LogP contribution is -2.52. The van der Waals surface area contributed by atoms with Gasteiger partial charge in [0.25, 0.3) is 0 Å². The summed E-state index contributed by atoms with van der Waals surface area (Å²) in [5.74, 6) is 0.0241. The van der Waals surface area contributed by atoms with E-state index in [0.29, 0.717) is 11.8 Å². The maximum Gasteiger partial charge on any atom is 0.306 e. The highest BCUT2D eigenvalue weighted by atomic mass is 16.4. The highest BCUT2D eigenvalue weighted by Crippen LogP contribution is 2.65. The maximum atomic E-state index is 13.4. The molecule has 0 spiro atoms. The van der Waals surface area contributed by atoms with Crippen molar-refractivity contribution in [2.75, 3.05) is 0 Å². The van der Waals surface area contributed by atoms with Gasteiger partial charge in [0.2, 0.25) is 0 Å². The summed E-state index contributed by atoms with van der Waals surface area (Å²) in [5.41, 5.74) is 0.843. The van der Waals surface area contributed by atoms with E-state index in [2.05, 4.69) is 6.92 Å². The van der Waals surface area contributed by atoms with Crippen molar-refractivity contribution in [3.63, 3.8) is 0 Å². The molecule has 0 amide bonds. The fraction of sp³-hybridized carbons (Fsp3) is 0.818. The van der Waals surface area contributed by atoms with Gasteiger partial charge in [-0.15, -0.1) is 0 Å². The zero-order valence-corrected chi connectivity index (χ0v) is 16.2. The van der Waals surface area contributed by atoms with Crippen LogP contribution in [-0.4, -0.2) is 28.1 Å². The minimum absolute atomic E-state index is 0.0373. The summed E-state index contributed by atoms with van der Waals surface area (Å²) in [4.78, 5) is 25.0. The smallest absolute Gasteiger partial charge is 0.306 e. The summed E-state index contributed by atoms with van der Waals surface area (Å²) in [7, 11) is 0. The number of aliphatic hydroxyl groups excluding tert-OH is 1. The Morgan fingerprint density at radius 1 is 1.19 bits per heavy atom. The van der Waals surface area contributed by atoms with Gasteiger partial charge in [-0.3, -0.25) is 9.59 Å². The molecule has 8 atom stereocenters. The second-order valence-electron chi connectivity index (χ2n) is 9.89. The minimum atomic E-state index is -0.781. The Morgan fingerprint density at radius 3 is 2.62 bits per heavy atom. The molecule has 4 aliphatic rings. The molecule has 3 unspecified atom stereocenters. The first-order valence-corrected chi connectivity index (χ1v) is 10.4. The van der Waals surface area contributed by atoms with Crippen LogP contribution in [0.4, 0.5) is 0 Å². The zero-order valence-electron chi connectivity index (χ0n) is 16.2. The van der Waals surface area contributed by atoms with Gasteiger partial charge in [0, 0.05) is 5.41 Å². The van der Waals surface area contributed by atoms with Gasteiger partial charge in [-0.2, -0.15) is 0 Å². The van der Waals surface area contributed by atoms with E-state index in [0.717, 1.165) is 44.9 Å². The van der Waals surface area contributed by atoms with Crippen molar-refractivity contribution < 1.29 is 19.8 Å². The van der Waals surface area contributed by atoms with Crippen LogP contribution < -0.4 is 0 Å². The van der Waals surface area contributed by atoms with Crippen LogP contribution in [0.15, 0.2) is 11.6 Å². The van der Waals surface area contributed by atoms with Crippen molar-refractivity contribution in [1.82, 2.24) is 0 Å². The van der Waals surface area contributed by atoms with E-state index < -0.39 is 17.3 Å². The van der Waals surface area contributed by atoms with Gasteiger partial charge in [0.05, 0.1) is 12.0 Å². The number of aliphatic carboxylic acids is 1. The van der Waals surface area contributed by atoms with Crippen LogP contribution in [0, 0.1) is 40.4 Å². The number of ketones is 1. The monoisotopic (exact) mass is 360 g/mol. The lowest BCUT2D eigenvalue weighted by atomic mass is 9.48. The molecule has 144 valence electrons. The van der Waals surface area contributed by atoms with Crippen molar-refractivity contribution in [1.29, 1.82) is 0 Å². The van der Waals surface area contributed by atoms with Gasteiger partial charge < -0.3 is 10.2 Å². The largest absolute Gasteiger partial charge is 0.481 e.